The van der Waals surface area contributed by atoms with Gasteiger partial charge in [0.1, 0.15) is 12.6 Å². The number of benzene rings is 3. The Labute approximate surface area is 232 Å². The van der Waals surface area contributed by atoms with Gasteiger partial charge < -0.3 is 10.2 Å². The van der Waals surface area contributed by atoms with Gasteiger partial charge in [-0.3, -0.25) is 13.9 Å². The van der Waals surface area contributed by atoms with Gasteiger partial charge in [-0.1, -0.05) is 84.8 Å². The molecular formula is C31H39N3O4S. The van der Waals surface area contributed by atoms with Gasteiger partial charge in [0.25, 0.3) is 0 Å². The molecule has 3 aromatic rings. The van der Waals surface area contributed by atoms with E-state index in [9.17, 15) is 18.0 Å². The molecule has 0 fully saturated rings. The molecule has 0 saturated heterocycles. The molecule has 0 aliphatic rings. The SMILES string of the molecule is CCCNC(=O)[C@@H](Cc1ccccc1)N(Cc1cccc(C)c1)C(=O)CN(c1ccc(C)cc1C)S(C)(=O)=O. The van der Waals surface area contributed by atoms with Gasteiger partial charge in [-0.2, -0.15) is 0 Å². The quantitative estimate of drug-likeness (QED) is 0.359. The van der Waals surface area contributed by atoms with E-state index in [4.69, 9.17) is 0 Å². The summed E-state index contributed by atoms with van der Waals surface area (Å²) in [6.07, 6.45) is 2.15. The average Bonchev–Trinajstić information content (AvgIpc) is 2.88. The molecule has 0 saturated carbocycles. The third-order valence-electron chi connectivity index (χ3n) is 6.56. The fourth-order valence-electron chi connectivity index (χ4n) is 4.61. The number of aryl methyl sites for hydroxylation is 3. The number of rotatable bonds is 12. The first kappa shape index (κ1) is 29.9. The predicted octanol–water partition coefficient (Wildman–Crippen LogP) is 4.54. The zero-order valence-corrected chi connectivity index (χ0v) is 24.3. The first-order valence-corrected chi connectivity index (χ1v) is 15.1. The van der Waals surface area contributed by atoms with Crippen LogP contribution in [0.4, 0.5) is 5.69 Å². The van der Waals surface area contributed by atoms with Crippen molar-refractivity contribution in [1.82, 2.24) is 10.2 Å². The average molecular weight is 550 g/mol. The molecule has 1 atom stereocenters. The van der Waals surface area contributed by atoms with Crippen LogP contribution in [0.3, 0.4) is 0 Å². The molecule has 3 aromatic carbocycles. The molecule has 39 heavy (non-hydrogen) atoms. The highest BCUT2D eigenvalue weighted by Crippen LogP contribution is 2.25. The van der Waals surface area contributed by atoms with Crippen molar-refractivity contribution in [1.29, 1.82) is 0 Å². The zero-order valence-electron chi connectivity index (χ0n) is 23.5. The maximum Gasteiger partial charge on any atom is 0.244 e. The molecule has 208 valence electrons. The number of nitrogens with zero attached hydrogens (tertiary/aromatic N) is 2. The maximum atomic E-state index is 14.1. The molecule has 1 N–H and O–H groups in total. The minimum absolute atomic E-state index is 0.169. The minimum atomic E-state index is -3.80. The van der Waals surface area contributed by atoms with Gasteiger partial charge in [0, 0.05) is 19.5 Å². The minimum Gasteiger partial charge on any atom is -0.354 e. The Kier molecular flexibility index (Phi) is 10.3. The molecule has 0 aliphatic carbocycles. The molecule has 3 rings (SSSR count). The van der Waals surface area contributed by atoms with Crippen molar-refractivity contribution in [3.8, 4) is 0 Å². The van der Waals surface area contributed by atoms with E-state index in [1.54, 1.807) is 6.07 Å². The van der Waals surface area contributed by atoms with Crippen molar-refractivity contribution in [2.24, 2.45) is 0 Å². The van der Waals surface area contributed by atoms with Crippen molar-refractivity contribution < 1.29 is 18.0 Å². The summed E-state index contributed by atoms with van der Waals surface area (Å²) in [5.74, 6) is -0.714. The molecule has 0 bridgehead atoms. The summed E-state index contributed by atoms with van der Waals surface area (Å²) in [5.41, 5.74) is 4.99. The Morgan fingerprint density at radius 3 is 2.15 bits per heavy atom. The predicted molar refractivity (Wildman–Crippen MR) is 157 cm³/mol. The van der Waals surface area contributed by atoms with E-state index in [1.807, 2.05) is 94.4 Å². The van der Waals surface area contributed by atoms with Gasteiger partial charge in [-0.25, -0.2) is 8.42 Å². The second-order valence-corrected chi connectivity index (χ2v) is 12.0. The Morgan fingerprint density at radius 1 is 0.872 bits per heavy atom. The molecule has 0 aromatic heterocycles. The van der Waals surface area contributed by atoms with E-state index in [2.05, 4.69) is 5.32 Å². The maximum absolute atomic E-state index is 14.1. The fraction of sp³-hybridized carbons (Fsp3) is 0.355. The molecular weight excluding hydrogens is 510 g/mol. The Bertz CT molecular complexity index is 1390. The van der Waals surface area contributed by atoms with Crippen molar-refractivity contribution in [3.05, 3.63) is 101 Å². The lowest BCUT2D eigenvalue weighted by atomic mass is 10.0. The van der Waals surface area contributed by atoms with Crippen LogP contribution in [0.15, 0.2) is 72.8 Å². The third-order valence-corrected chi connectivity index (χ3v) is 7.68. The monoisotopic (exact) mass is 549 g/mol. The van der Waals surface area contributed by atoms with Crippen LogP contribution < -0.4 is 9.62 Å². The number of carbonyl (C=O) groups is 2. The van der Waals surface area contributed by atoms with E-state index in [0.29, 0.717) is 18.7 Å². The summed E-state index contributed by atoms with van der Waals surface area (Å²) in [6, 6.07) is 21.9. The van der Waals surface area contributed by atoms with E-state index in [1.165, 1.54) is 4.90 Å². The molecule has 0 heterocycles. The van der Waals surface area contributed by atoms with Crippen molar-refractivity contribution in [2.45, 2.75) is 53.1 Å². The molecule has 0 aliphatic heterocycles. The molecule has 0 unspecified atom stereocenters. The largest absolute Gasteiger partial charge is 0.354 e. The number of carbonyl (C=O) groups excluding carboxylic acids is 2. The van der Waals surface area contributed by atoms with Gasteiger partial charge in [0.15, 0.2) is 0 Å². The summed E-state index contributed by atoms with van der Waals surface area (Å²) >= 11 is 0. The van der Waals surface area contributed by atoms with Crippen molar-refractivity contribution in [2.75, 3.05) is 23.7 Å². The number of anilines is 1. The highest BCUT2D eigenvalue weighted by molar-refractivity contribution is 7.92. The summed E-state index contributed by atoms with van der Waals surface area (Å²) in [6.45, 7) is 7.93. The Hall–Kier alpha value is -3.65. The van der Waals surface area contributed by atoms with Crippen LogP contribution in [-0.4, -0.2) is 50.5 Å². The second kappa shape index (κ2) is 13.4. The molecule has 0 spiro atoms. The number of hydrogen-bond acceptors (Lipinski definition) is 4. The molecule has 2 amide bonds. The highest BCUT2D eigenvalue weighted by Gasteiger charge is 2.33. The fourth-order valence-corrected chi connectivity index (χ4v) is 5.51. The van der Waals surface area contributed by atoms with Gasteiger partial charge in [0.05, 0.1) is 11.9 Å². The Morgan fingerprint density at radius 2 is 1.54 bits per heavy atom. The van der Waals surface area contributed by atoms with Gasteiger partial charge in [0.2, 0.25) is 21.8 Å². The molecule has 7 nitrogen and oxygen atoms in total. The van der Waals surface area contributed by atoms with Gasteiger partial charge >= 0.3 is 0 Å². The van der Waals surface area contributed by atoms with Crippen LogP contribution in [0.2, 0.25) is 0 Å². The van der Waals surface area contributed by atoms with Crippen LogP contribution in [0.5, 0.6) is 0 Å². The smallest absolute Gasteiger partial charge is 0.244 e. The summed E-state index contributed by atoms with van der Waals surface area (Å²) < 4.78 is 27.0. The number of nitrogens with one attached hydrogen (secondary N) is 1. The zero-order chi connectivity index (χ0) is 28.6. The van der Waals surface area contributed by atoms with Crippen LogP contribution in [-0.2, 0) is 32.6 Å². The van der Waals surface area contributed by atoms with Gasteiger partial charge in [-0.05, 0) is 49.9 Å². The lowest BCUT2D eigenvalue weighted by Crippen LogP contribution is -2.53. The van der Waals surface area contributed by atoms with Crippen molar-refractivity contribution in [3.63, 3.8) is 0 Å². The molecule has 0 radical (unpaired) electrons. The van der Waals surface area contributed by atoms with E-state index >= 15 is 0 Å². The summed E-state index contributed by atoms with van der Waals surface area (Å²) in [7, 11) is -3.80. The van der Waals surface area contributed by atoms with Crippen LogP contribution in [0.25, 0.3) is 0 Å². The van der Waals surface area contributed by atoms with E-state index < -0.39 is 28.5 Å². The first-order chi connectivity index (χ1) is 18.5. The van der Waals surface area contributed by atoms with Crippen LogP contribution >= 0.6 is 0 Å². The number of amides is 2. The number of sulfonamides is 1. The summed E-state index contributed by atoms with van der Waals surface area (Å²) in [4.78, 5) is 29.1. The highest BCUT2D eigenvalue weighted by atomic mass is 32.2. The third kappa shape index (κ3) is 8.42. The topological polar surface area (TPSA) is 86.8 Å². The lowest BCUT2D eigenvalue weighted by Gasteiger charge is -2.34. The second-order valence-electron chi connectivity index (χ2n) is 10.1. The van der Waals surface area contributed by atoms with Crippen LogP contribution in [0, 0.1) is 20.8 Å². The summed E-state index contributed by atoms with van der Waals surface area (Å²) in [5, 5.41) is 2.95. The van der Waals surface area contributed by atoms with Crippen LogP contribution in [0.1, 0.15) is 41.2 Å². The van der Waals surface area contributed by atoms with Gasteiger partial charge in [-0.15, -0.1) is 0 Å². The van der Waals surface area contributed by atoms with E-state index in [0.717, 1.165) is 44.8 Å². The normalized spacial score (nSPS) is 12.0. The first-order valence-electron chi connectivity index (χ1n) is 13.2. The standard InChI is InChI=1S/C31H39N3O4S/c1-6-17-32-31(36)29(20-26-12-8-7-9-13-26)33(21-27-14-10-11-23(2)19-27)30(35)22-34(39(5,37)38)28-16-15-24(3)18-25(28)4/h7-16,18-19,29H,6,17,20-22H2,1-5H3,(H,32,36)/t29-/m1/s1. The lowest BCUT2D eigenvalue weighted by molar-refractivity contribution is -0.140. The van der Waals surface area contributed by atoms with E-state index in [-0.39, 0.29) is 12.5 Å². The van der Waals surface area contributed by atoms with Crippen molar-refractivity contribution >= 4 is 27.5 Å². The Balaban J connectivity index is 2.06. The number of hydrogen-bond donors (Lipinski definition) is 1. The molecule has 8 heteroatoms.